The lowest BCUT2D eigenvalue weighted by Gasteiger charge is -2.32. The zero-order valence-corrected chi connectivity index (χ0v) is 15.0. The quantitative estimate of drug-likeness (QED) is 0.763. The summed E-state index contributed by atoms with van der Waals surface area (Å²) in [5, 5.41) is 0. The number of pyridine rings is 1. The molecule has 1 aromatic heterocycles. The number of ether oxygens (including phenoxy) is 3. The Kier molecular flexibility index (Phi) is 6.30. The summed E-state index contributed by atoms with van der Waals surface area (Å²) in [4.78, 5) is 18.2. The van der Waals surface area contributed by atoms with Crippen LogP contribution < -0.4 is 14.2 Å². The summed E-state index contributed by atoms with van der Waals surface area (Å²) in [6.45, 7) is 2.11. The molecule has 1 amide bonds. The third-order valence-corrected chi connectivity index (χ3v) is 4.41. The molecule has 3 rings (SSSR count). The lowest BCUT2D eigenvalue weighted by Crippen LogP contribution is -2.43. The van der Waals surface area contributed by atoms with E-state index >= 15 is 0 Å². The van der Waals surface area contributed by atoms with Gasteiger partial charge >= 0.3 is 0 Å². The van der Waals surface area contributed by atoms with E-state index in [-0.39, 0.29) is 12.5 Å². The fourth-order valence-electron chi connectivity index (χ4n) is 2.98. The predicted octanol–water partition coefficient (Wildman–Crippen LogP) is 2.79. The van der Waals surface area contributed by atoms with Gasteiger partial charge in [-0.15, -0.1) is 0 Å². The number of nitrogens with zero attached hydrogens (tertiary/aromatic N) is 2. The number of carbonyl (C=O) groups is 1. The van der Waals surface area contributed by atoms with E-state index in [4.69, 9.17) is 14.2 Å². The molecule has 26 heavy (non-hydrogen) atoms. The Morgan fingerprint density at radius 3 is 2.69 bits per heavy atom. The standard InChI is InChI=1S/C20H24N2O4/c1-24-17-6-8-18(9-7-17)25-14-16-4-3-11-22(13-16)20(23)15-26-19-5-2-10-21-12-19/h2,5-10,12,16H,3-4,11,13-15H2,1H3/t16-/m1/s1. The Morgan fingerprint density at radius 1 is 1.15 bits per heavy atom. The number of likely N-dealkylation sites (tertiary alicyclic amines) is 1. The maximum absolute atomic E-state index is 12.4. The summed E-state index contributed by atoms with van der Waals surface area (Å²) >= 11 is 0. The zero-order chi connectivity index (χ0) is 18.2. The molecule has 1 saturated heterocycles. The van der Waals surface area contributed by atoms with Gasteiger partial charge in [0.15, 0.2) is 6.61 Å². The van der Waals surface area contributed by atoms with Crippen LogP contribution in [0.5, 0.6) is 17.2 Å². The molecule has 0 radical (unpaired) electrons. The van der Waals surface area contributed by atoms with Crippen LogP contribution in [0.25, 0.3) is 0 Å². The number of piperidine rings is 1. The summed E-state index contributed by atoms with van der Waals surface area (Å²) in [6.07, 6.45) is 5.32. The first kappa shape index (κ1) is 18.0. The van der Waals surface area contributed by atoms with E-state index < -0.39 is 0 Å². The largest absolute Gasteiger partial charge is 0.497 e. The lowest BCUT2D eigenvalue weighted by atomic mass is 9.99. The molecular weight excluding hydrogens is 332 g/mol. The molecule has 2 aromatic rings. The number of carbonyl (C=O) groups excluding carboxylic acids is 1. The average Bonchev–Trinajstić information content (AvgIpc) is 2.72. The number of benzene rings is 1. The molecule has 2 heterocycles. The van der Waals surface area contributed by atoms with Gasteiger partial charge < -0.3 is 19.1 Å². The molecule has 1 fully saturated rings. The second-order valence-electron chi connectivity index (χ2n) is 6.31. The molecule has 6 nitrogen and oxygen atoms in total. The molecule has 0 N–H and O–H groups in total. The Bertz CT molecular complexity index is 691. The van der Waals surface area contributed by atoms with Crippen molar-refractivity contribution in [3.63, 3.8) is 0 Å². The van der Waals surface area contributed by atoms with E-state index in [1.54, 1.807) is 31.6 Å². The first-order valence-corrected chi connectivity index (χ1v) is 8.82. The summed E-state index contributed by atoms with van der Waals surface area (Å²) < 4.78 is 16.5. The molecule has 0 bridgehead atoms. The van der Waals surface area contributed by atoms with E-state index in [1.807, 2.05) is 29.2 Å². The van der Waals surface area contributed by atoms with Crippen LogP contribution in [-0.4, -0.2) is 49.2 Å². The van der Waals surface area contributed by atoms with Crippen LogP contribution in [0.2, 0.25) is 0 Å². The summed E-state index contributed by atoms with van der Waals surface area (Å²) in [5.41, 5.74) is 0. The van der Waals surface area contributed by atoms with Gasteiger partial charge in [-0.05, 0) is 49.2 Å². The molecule has 1 aliphatic rings. The van der Waals surface area contributed by atoms with Crippen LogP contribution >= 0.6 is 0 Å². The first-order chi connectivity index (χ1) is 12.7. The minimum Gasteiger partial charge on any atom is -0.497 e. The van der Waals surface area contributed by atoms with Crippen molar-refractivity contribution in [1.29, 1.82) is 0 Å². The van der Waals surface area contributed by atoms with Crippen molar-refractivity contribution in [3.8, 4) is 17.2 Å². The molecular formula is C20H24N2O4. The minimum atomic E-state index is 0.00278. The molecule has 0 saturated carbocycles. The Hall–Kier alpha value is -2.76. The van der Waals surface area contributed by atoms with Gasteiger partial charge in [0.1, 0.15) is 17.2 Å². The van der Waals surface area contributed by atoms with Gasteiger partial charge in [-0.2, -0.15) is 0 Å². The molecule has 1 aliphatic heterocycles. The Balaban J connectivity index is 1.44. The van der Waals surface area contributed by atoms with Gasteiger partial charge in [0.05, 0.1) is 19.9 Å². The molecule has 6 heteroatoms. The fraction of sp³-hybridized carbons (Fsp3) is 0.400. The Morgan fingerprint density at radius 2 is 1.96 bits per heavy atom. The normalized spacial score (nSPS) is 16.8. The molecule has 0 aliphatic carbocycles. The van der Waals surface area contributed by atoms with Gasteiger partial charge in [-0.25, -0.2) is 0 Å². The van der Waals surface area contributed by atoms with Crippen LogP contribution in [0.1, 0.15) is 12.8 Å². The minimum absolute atomic E-state index is 0.00278. The van der Waals surface area contributed by atoms with Crippen molar-refractivity contribution < 1.29 is 19.0 Å². The zero-order valence-electron chi connectivity index (χ0n) is 15.0. The fourth-order valence-corrected chi connectivity index (χ4v) is 2.98. The summed E-state index contributed by atoms with van der Waals surface area (Å²) in [7, 11) is 1.64. The van der Waals surface area contributed by atoms with Crippen LogP contribution in [0, 0.1) is 5.92 Å². The number of hydrogen-bond donors (Lipinski definition) is 0. The van der Waals surface area contributed by atoms with E-state index in [2.05, 4.69) is 4.98 Å². The smallest absolute Gasteiger partial charge is 0.260 e. The van der Waals surface area contributed by atoms with Crippen LogP contribution in [0.15, 0.2) is 48.8 Å². The van der Waals surface area contributed by atoms with Crippen molar-refractivity contribution in [2.45, 2.75) is 12.8 Å². The van der Waals surface area contributed by atoms with Gasteiger partial charge in [0.2, 0.25) is 0 Å². The molecule has 1 atom stereocenters. The highest BCUT2D eigenvalue weighted by molar-refractivity contribution is 5.77. The van der Waals surface area contributed by atoms with Gasteiger partial charge in [-0.3, -0.25) is 9.78 Å². The molecule has 0 unspecified atom stereocenters. The number of hydrogen-bond acceptors (Lipinski definition) is 5. The summed E-state index contributed by atoms with van der Waals surface area (Å²) in [6, 6.07) is 11.1. The monoisotopic (exact) mass is 356 g/mol. The Labute approximate surface area is 153 Å². The van der Waals surface area contributed by atoms with Crippen molar-refractivity contribution >= 4 is 5.91 Å². The average molecular weight is 356 g/mol. The van der Waals surface area contributed by atoms with Crippen LogP contribution in [0.3, 0.4) is 0 Å². The van der Waals surface area contributed by atoms with E-state index in [9.17, 15) is 4.79 Å². The molecule has 0 spiro atoms. The van der Waals surface area contributed by atoms with Gasteiger partial charge in [-0.1, -0.05) is 0 Å². The number of methoxy groups -OCH3 is 1. The predicted molar refractivity (Wildman–Crippen MR) is 97.5 cm³/mol. The van der Waals surface area contributed by atoms with E-state index in [0.29, 0.717) is 24.8 Å². The maximum Gasteiger partial charge on any atom is 0.260 e. The van der Waals surface area contributed by atoms with Crippen molar-refractivity contribution in [1.82, 2.24) is 9.88 Å². The second kappa shape index (κ2) is 9.08. The van der Waals surface area contributed by atoms with E-state index in [1.165, 1.54) is 0 Å². The number of aromatic nitrogens is 1. The van der Waals surface area contributed by atoms with Gasteiger partial charge in [0, 0.05) is 25.2 Å². The van der Waals surface area contributed by atoms with Crippen LogP contribution in [-0.2, 0) is 4.79 Å². The molecule has 1 aromatic carbocycles. The summed E-state index contributed by atoms with van der Waals surface area (Å²) in [5.74, 6) is 2.56. The SMILES string of the molecule is COc1ccc(OC[C@@H]2CCCN(C(=O)COc3cccnc3)C2)cc1. The van der Waals surface area contributed by atoms with Crippen molar-refractivity contribution in [2.75, 3.05) is 33.4 Å². The highest BCUT2D eigenvalue weighted by atomic mass is 16.5. The van der Waals surface area contributed by atoms with Crippen molar-refractivity contribution in [2.24, 2.45) is 5.92 Å². The lowest BCUT2D eigenvalue weighted by molar-refractivity contribution is -0.135. The van der Waals surface area contributed by atoms with E-state index in [0.717, 1.165) is 30.9 Å². The number of amides is 1. The van der Waals surface area contributed by atoms with Gasteiger partial charge in [0.25, 0.3) is 5.91 Å². The maximum atomic E-state index is 12.4. The third-order valence-electron chi connectivity index (χ3n) is 4.41. The van der Waals surface area contributed by atoms with Crippen molar-refractivity contribution in [3.05, 3.63) is 48.8 Å². The highest BCUT2D eigenvalue weighted by Crippen LogP contribution is 2.21. The number of rotatable bonds is 7. The topological polar surface area (TPSA) is 60.9 Å². The third kappa shape index (κ3) is 5.12. The molecule has 138 valence electrons. The first-order valence-electron chi connectivity index (χ1n) is 8.82. The highest BCUT2D eigenvalue weighted by Gasteiger charge is 2.24. The van der Waals surface area contributed by atoms with Crippen LogP contribution in [0.4, 0.5) is 0 Å². The second-order valence-corrected chi connectivity index (χ2v) is 6.31.